The molecule has 0 bridgehead atoms. The van der Waals surface area contributed by atoms with Gasteiger partial charge in [-0.1, -0.05) is 0 Å². The lowest BCUT2D eigenvalue weighted by atomic mass is 10.2. The third kappa shape index (κ3) is 6.37. The third-order valence-corrected chi connectivity index (χ3v) is 5.37. The third-order valence-electron chi connectivity index (χ3n) is 3.29. The van der Waals surface area contributed by atoms with Gasteiger partial charge in [0.15, 0.2) is 9.84 Å². The van der Waals surface area contributed by atoms with Crippen LogP contribution >= 0.6 is 22.6 Å². The van der Waals surface area contributed by atoms with Gasteiger partial charge >= 0.3 is 0 Å². The Kier molecular flexibility index (Phi) is 6.70. The summed E-state index contributed by atoms with van der Waals surface area (Å²) in [7, 11) is -3.95. The fraction of sp³-hybridized carbons (Fsp3) is 0.176. The standard InChI is InChI=1S/C17H16FIN2O4S/c1-11-8-13(19)4-7-15(11)21-17(23)10-26(24,25)9-16(22)20-14-5-2-12(18)3-6-14/h2-8H,9-10H2,1H3,(H,20,22)(H,21,23). The zero-order valence-corrected chi connectivity index (χ0v) is 16.7. The van der Waals surface area contributed by atoms with E-state index in [-0.39, 0.29) is 5.69 Å². The van der Waals surface area contributed by atoms with Crippen LogP contribution in [0.2, 0.25) is 0 Å². The second-order valence-electron chi connectivity index (χ2n) is 5.59. The molecule has 2 amide bonds. The van der Waals surface area contributed by atoms with Crippen molar-refractivity contribution in [1.29, 1.82) is 0 Å². The van der Waals surface area contributed by atoms with Crippen LogP contribution in [-0.2, 0) is 19.4 Å². The fourth-order valence-corrected chi connectivity index (χ4v) is 3.83. The van der Waals surface area contributed by atoms with Crippen molar-refractivity contribution in [1.82, 2.24) is 0 Å². The maximum atomic E-state index is 12.8. The molecule has 0 aromatic heterocycles. The van der Waals surface area contributed by atoms with Crippen LogP contribution in [-0.4, -0.2) is 31.7 Å². The molecule has 26 heavy (non-hydrogen) atoms. The maximum Gasteiger partial charge on any atom is 0.239 e. The molecular weight excluding hydrogens is 474 g/mol. The molecule has 2 aromatic rings. The first kappa shape index (κ1) is 20.3. The molecule has 0 spiro atoms. The summed E-state index contributed by atoms with van der Waals surface area (Å²) in [6.45, 7) is 1.79. The molecule has 0 aliphatic rings. The van der Waals surface area contributed by atoms with Gasteiger partial charge in [0.1, 0.15) is 17.3 Å². The van der Waals surface area contributed by atoms with E-state index in [2.05, 4.69) is 33.2 Å². The number of nitrogens with one attached hydrogen (secondary N) is 2. The summed E-state index contributed by atoms with van der Waals surface area (Å²) >= 11 is 2.13. The lowest BCUT2D eigenvalue weighted by Gasteiger charge is -2.09. The van der Waals surface area contributed by atoms with Gasteiger partial charge in [-0.05, 0) is 77.5 Å². The Bertz CT molecular complexity index is 930. The monoisotopic (exact) mass is 490 g/mol. The Morgan fingerprint density at radius 1 is 1.00 bits per heavy atom. The molecule has 0 unspecified atom stereocenters. The number of anilines is 2. The lowest BCUT2D eigenvalue weighted by molar-refractivity contribution is -0.114. The Labute approximate surface area is 164 Å². The van der Waals surface area contributed by atoms with Crippen molar-refractivity contribution in [2.75, 3.05) is 22.1 Å². The number of rotatable bonds is 6. The van der Waals surface area contributed by atoms with Gasteiger partial charge in [-0.2, -0.15) is 0 Å². The average Bonchev–Trinajstić information content (AvgIpc) is 2.51. The number of hydrogen-bond donors (Lipinski definition) is 2. The van der Waals surface area contributed by atoms with Gasteiger partial charge in [-0.15, -0.1) is 0 Å². The van der Waals surface area contributed by atoms with Crippen molar-refractivity contribution >= 4 is 55.6 Å². The molecular formula is C17H16FIN2O4S. The van der Waals surface area contributed by atoms with E-state index in [4.69, 9.17) is 0 Å². The smallest absolute Gasteiger partial charge is 0.239 e. The van der Waals surface area contributed by atoms with E-state index in [1.54, 1.807) is 19.1 Å². The van der Waals surface area contributed by atoms with Crippen molar-refractivity contribution in [2.24, 2.45) is 0 Å². The Morgan fingerprint density at radius 2 is 1.58 bits per heavy atom. The molecule has 0 heterocycles. The normalized spacial score (nSPS) is 11.0. The summed E-state index contributed by atoms with van der Waals surface area (Å²) < 4.78 is 37.9. The minimum atomic E-state index is -3.95. The van der Waals surface area contributed by atoms with Crippen LogP contribution in [0.4, 0.5) is 15.8 Å². The number of carbonyl (C=O) groups is 2. The van der Waals surface area contributed by atoms with E-state index in [9.17, 15) is 22.4 Å². The van der Waals surface area contributed by atoms with E-state index in [1.165, 1.54) is 12.1 Å². The molecule has 0 saturated carbocycles. The van der Waals surface area contributed by atoms with Crippen molar-refractivity contribution in [3.8, 4) is 0 Å². The van der Waals surface area contributed by atoms with Crippen molar-refractivity contribution < 1.29 is 22.4 Å². The van der Waals surface area contributed by atoms with Gasteiger partial charge in [-0.25, -0.2) is 12.8 Å². The molecule has 0 aliphatic carbocycles. The first-order chi connectivity index (χ1) is 12.1. The van der Waals surface area contributed by atoms with Crippen molar-refractivity contribution in [3.63, 3.8) is 0 Å². The van der Waals surface area contributed by atoms with E-state index >= 15 is 0 Å². The summed E-state index contributed by atoms with van der Waals surface area (Å²) in [5.74, 6) is -3.64. The predicted molar refractivity (Wildman–Crippen MR) is 106 cm³/mol. The van der Waals surface area contributed by atoms with Crippen LogP contribution in [0.15, 0.2) is 42.5 Å². The largest absolute Gasteiger partial charge is 0.325 e. The maximum absolute atomic E-state index is 12.8. The quantitative estimate of drug-likeness (QED) is 0.610. The number of carbonyl (C=O) groups excluding carboxylic acids is 2. The highest BCUT2D eigenvalue weighted by molar-refractivity contribution is 14.1. The highest BCUT2D eigenvalue weighted by Gasteiger charge is 2.21. The molecule has 0 fully saturated rings. The second kappa shape index (κ2) is 8.58. The molecule has 0 saturated heterocycles. The number of aryl methyl sites for hydroxylation is 1. The van der Waals surface area contributed by atoms with Crippen molar-refractivity contribution in [2.45, 2.75) is 6.92 Å². The van der Waals surface area contributed by atoms with Crippen LogP contribution in [0.3, 0.4) is 0 Å². The highest BCUT2D eigenvalue weighted by Crippen LogP contribution is 2.17. The fourth-order valence-electron chi connectivity index (χ4n) is 2.13. The average molecular weight is 490 g/mol. The van der Waals surface area contributed by atoms with Gasteiger partial charge in [-0.3, -0.25) is 9.59 Å². The molecule has 2 rings (SSSR count). The molecule has 0 radical (unpaired) electrons. The Morgan fingerprint density at radius 3 is 2.15 bits per heavy atom. The second-order valence-corrected chi connectivity index (χ2v) is 8.90. The number of halogens is 2. The summed E-state index contributed by atoms with van der Waals surface area (Å²) in [4.78, 5) is 23.8. The van der Waals surface area contributed by atoms with E-state index in [1.807, 2.05) is 6.07 Å². The number of hydrogen-bond acceptors (Lipinski definition) is 4. The van der Waals surface area contributed by atoms with Gasteiger partial charge in [0.05, 0.1) is 0 Å². The van der Waals surface area contributed by atoms with Crippen LogP contribution in [0, 0.1) is 16.3 Å². The van der Waals surface area contributed by atoms with Crippen molar-refractivity contribution in [3.05, 3.63) is 57.4 Å². The highest BCUT2D eigenvalue weighted by atomic mass is 127. The summed E-state index contributed by atoms with van der Waals surface area (Å²) in [5, 5.41) is 4.87. The number of benzene rings is 2. The number of sulfone groups is 1. The van der Waals surface area contributed by atoms with Gasteiger partial charge in [0.2, 0.25) is 11.8 Å². The zero-order valence-electron chi connectivity index (χ0n) is 13.8. The van der Waals surface area contributed by atoms with Crippen LogP contribution in [0.25, 0.3) is 0 Å². The molecule has 0 atom stereocenters. The van der Waals surface area contributed by atoms with Gasteiger partial charge in [0, 0.05) is 14.9 Å². The minimum absolute atomic E-state index is 0.269. The molecule has 2 aromatic carbocycles. The van der Waals surface area contributed by atoms with Crippen LogP contribution in [0.1, 0.15) is 5.56 Å². The Balaban J connectivity index is 1.93. The molecule has 9 heteroatoms. The van der Waals surface area contributed by atoms with E-state index in [0.717, 1.165) is 21.3 Å². The molecule has 2 N–H and O–H groups in total. The van der Waals surface area contributed by atoms with E-state index in [0.29, 0.717) is 5.69 Å². The first-order valence-electron chi connectivity index (χ1n) is 7.46. The molecule has 6 nitrogen and oxygen atoms in total. The molecule has 0 aliphatic heterocycles. The first-order valence-corrected chi connectivity index (χ1v) is 10.4. The van der Waals surface area contributed by atoms with Gasteiger partial charge < -0.3 is 10.6 Å². The van der Waals surface area contributed by atoms with Gasteiger partial charge in [0.25, 0.3) is 0 Å². The molecule has 138 valence electrons. The SMILES string of the molecule is Cc1cc(I)ccc1NC(=O)CS(=O)(=O)CC(=O)Nc1ccc(F)cc1. The minimum Gasteiger partial charge on any atom is -0.325 e. The lowest BCUT2D eigenvalue weighted by Crippen LogP contribution is -2.30. The summed E-state index contributed by atoms with van der Waals surface area (Å²) in [6.07, 6.45) is 0. The number of amides is 2. The summed E-state index contributed by atoms with van der Waals surface area (Å²) in [5.41, 5.74) is 1.59. The van der Waals surface area contributed by atoms with Crippen LogP contribution in [0.5, 0.6) is 0 Å². The summed E-state index contributed by atoms with van der Waals surface area (Å²) in [6, 6.07) is 10.2. The van der Waals surface area contributed by atoms with Crippen LogP contribution < -0.4 is 10.6 Å². The zero-order chi connectivity index (χ0) is 19.3. The van der Waals surface area contributed by atoms with E-state index < -0.39 is 39.0 Å². The Hall–Kier alpha value is -2.01. The predicted octanol–water partition coefficient (Wildman–Crippen LogP) is 2.73. The topological polar surface area (TPSA) is 92.3 Å².